The molecule has 2 aromatic carbocycles. The van der Waals surface area contributed by atoms with Gasteiger partial charge in [-0.2, -0.15) is 0 Å². The van der Waals surface area contributed by atoms with Gasteiger partial charge in [-0.1, -0.05) is 23.9 Å². The van der Waals surface area contributed by atoms with Crippen molar-refractivity contribution in [2.24, 2.45) is 0 Å². The van der Waals surface area contributed by atoms with E-state index in [0.717, 1.165) is 27.3 Å². The third kappa shape index (κ3) is 5.68. The van der Waals surface area contributed by atoms with Gasteiger partial charge in [-0.15, -0.1) is 11.3 Å². The first-order valence-electron chi connectivity index (χ1n) is 9.54. The highest BCUT2D eigenvalue weighted by atomic mass is 32.2. The van der Waals surface area contributed by atoms with Crippen LogP contribution in [0, 0.1) is 17.5 Å². The molecule has 4 aromatic rings. The molecule has 4 rings (SSSR count). The van der Waals surface area contributed by atoms with Crippen molar-refractivity contribution in [1.82, 2.24) is 15.3 Å². The van der Waals surface area contributed by atoms with Gasteiger partial charge in [0.2, 0.25) is 11.8 Å². The molecule has 168 valence electrons. The average molecular weight is 489 g/mol. The predicted molar refractivity (Wildman–Crippen MR) is 122 cm³/mol. The fraction of sp³-hybridized carbons (Fsp3) is 0.0909. The minimum Gasteiger partial charge on any atom is -0.346 e. The van der Waals surface area contributed by atoms with Crippen LogP contribution in [0.1, 0.15) is 0 Å². The minimum atomic E-state index is -1.08. The van der Waals surface area contributed by atoms with E-state index in [2.05, 4.69) is 20.6 Å². The monoisotopic (exact) mass is 488 g/mol. The number of hydrogen-bond acceptors (Lipinski definition) is 6. The zero-order valence-electron chi connectivity index (χ0n) is 16.8. The van der Waals surface area contributed by atoms with Crippen molar-refractivity contribution < 1.29 is 22.8 Å². The molecule has 2 amide bonds. The van der Waals surface area contributed by atoms with Gasteiger partial charge in [-0.25, -0.2) is 23.1 Å². The van der Waals surface area contributed by atoms with E-state index in [9.17, 15) is 22.8 Å². The van der Waals surface area contributed by atoms with Crippen molar-refractivity contribution >= 4 is 50.8 Å². The van der Waals surface area contributed by atoms with Gasteiger partial charge in [0.05, 0.1) is 22.5 Å². The molecular weight excluding hydrogens is 473 g/mol. The predicted octanol–water partition coefficient (Wildman–Crippen LogP) is 4.62. The van der Waals surface area contributed by atoms with Gasteiger partial charge < -0.3 is 10.6 Å². The molecule has 2 aromatic heterocycles. The summed E-state index contributed by atoms with van der Waals surface area (Å²) in [5, 5.41) is 5.45. The number of amides is 2. The number of carbonyl (C=O) groups excluding carboxylic acids is 2. The lowest BCUT2D eigenvalue weighted by Gasteiger charge is -2.07. The number of anilines is 1. The molecule has 6 nitrogen and oxygen atoms in total. The van der Waals surface area contributed by atoms with Crippen LogP contribution in [0.2, 0.25) is 0 Å². The van der Waals surface area contributed by atoms with Gasteiger partial charge in [0.1, 0.15) is 17.2 Å². The van der Waals surface area contributed by atoms with Gasteiger partial charge in [0, 0.05) is 16.6 Å². The normalized spacial score (nSPS) is 10.9. The molecule has 2 N–H and O–H groups in total. The lowest BCUT2D eigenvalue weighted by molar-refractivity contribution is -0.122. The summed E-state index contributed by atoms with van der Waals surface area (Å²) in [5.74, 6) is -3.39. The molecule has 0 radical (unpaired) electrons. The fourth-order valence-corrected chi connectivity index (χ4v) is 4.86. The first kappa shape index (κ1) is 22.7. The number of hydrogen-bond donors (Lipinski definition) is 2. The Labute approximate surface area is 194 Å². The highest BCUT2D eigenvalue weighted by Crippen LogP contribution is 2.36. The van der Waals surface area contributed by atoms with Crippen LogP contribution in [0.5, 0.6) is 0 Å². The smallest absolute Gasteiger partial charge is 0.243 e. The van der Waals surface area contributed by atoms with Crippen molar-refractivity contribution in [3.8, 4) is 10.4 Å². The Morgan fingerprint density at radius 1 is 0.939 bits per heavy atom. The number of nitrogens with zero attached hydrogens (tertiary/aromatic N) is 2. The Balaban J connectivity index is 1.34. The lowest BCUT2D eigenvalue weighted by Crippen LogP contribution is -2.33. The minimum absolute atomic E-state index is 0.00828. The van der Waals surface area contributed by atoms with Gasteiger partial charge in [0.25, 0.3) is 0 Å². The second kappa shape index (κ2) is 10.0. The Bertz CT molecular complexity index is 1330. The Morgan fingerprint density at radius 3 is 2.48 bits per heavy atom. The number of thioether (sulfide) groups is 1. The van der Waals surface area contributed by atoms with Crippen LogP contribution in [0.25, 0.3) is 20.7 Å². The molecule has 0 saturated carbocycles. The summed E-state index contributed by atoms with van der Waals surface area (Å²) in [6.45, 7) is -0.328. The Kier molecular flexibility index (Phi) is 6.90. The standard InChI is InChI=1S/C22H15F3N4O2S2/c23-13-3-1-12(2-4-13)18-8-17-21(33-18)22(28-11-27-17)32-10-20(31)26-9-19(30)29-14-5-6-15(24)16(25)7-14/h1-8,11H,9-10H2,(H,26,31)(H,29,30). The van der Waals surface area contributed by atoms with E-state index in [-0.39, 0.29) is 23.8 Å². The van der Waals surface area contributed by atoms with Crippen molar-refractivity contribution in [2.45, 2.75) is 5.03 Å². The number of rotatable bonds is 7. The first-order valence-corrected chi connectivity index (χ1v) is 11.3. The number of nitrogens with one attached hydrogen (secondary N) is 2. The van der Waals surface area contributed by atoms with Gasteiger partial charge in [-0.3, -0.25) is 9.59 Å². The van der Waals surface area contributed by atoms with E-state index < -0.39 is 23.4 Å². The zero-order chi connectivity index (χ0) is 23.4. The molecule has 0 saturated heterocycles. The van der Waals surface area contributed by atoms with Crippen LogP contribution < -0.4 is 10.6 Å². The maximum absolute atomic E-state index is 13.2. The first-order chi connectivity index (χ1) is 15.9. The quantitative estimate of drug-likeness (QED) is 0.293. The van der Waals surface area contributed by atoms with Crippen molar-refractivity contribution in [2.75, 3.05) is 17.6 Å². The van der Waals surface area contributed by atoms with E-state index in [4.69, 9.17) is 0 Å². The summed E-state index contributed by atoms with van der Waals surface area (Å²) in [4.78, 5) is 33.5. The summed E-state index contributed by atoms with van der Waals surface area (Å²) in [6.07, 6.45) is 1.40. The molecule has 0 bridgehead atoms. The van der Waals surface area contributed by atoms with Crippen LogP contribution in [0.3, 0.4) is 0 Å². The number of benzene rings is 2. The molecule has 0 unspecified atom stereocenters. The molecule has 2 heterocycles. The summed E-state index contributed by atoms with van der Waals surface area (Å²) in [6, 6.07) is 11.0. The van der Waals surface area contributed by atoms with Crippen LogP contribution in [0.4, 0.5) is 18.9 Å². The molecular formula is C22H15F3N4O2S2. The molecule has 0 atom stereocenters. The lowest BCUT2D eigenvalue weighted by atomic mass is 10.2. The molecule has 0 aliphatic heterocycles. The molecule has 33 heavy (non-hydrogen) atoms. The summed E-state index contributed by atoms with van der Waals surface area (Å²) in [7, 11) is 0. The second-order valence-electron chi connectivity index (χ2n) is 6.75. The van der Waals surface area contributed by atoms with E-state index in [0.29, 0.717) is 10.5 Å². The SMILES string of the molecule is O=C(CSc1ncnc2cc(-c3ccc(F)cc3)sc12)NCC(=O)Nc1ccc(F)c(F)c1. The van der Waals surface area contributed by atoms with Gasteiger partial charge in [0.15, 0.2) is 11.6 Å². The van der Waals surface area contributed by atoms with Crippen molar-refractivity contribution in [3.05, 3.63) is 72.3 Å². The highest BCUT2D eigenvalue weighted by molar-refractivity contribution is 8.00. The molecule has 0 spiro atoms. The molecule has 0 aliphatic carbocycles. The largest absolute Gasteiger partial charge is 0.346 e. The van der Waals surface area contributed by atoms with E-state index in [1.54, 1.807) is 12.1 Å². The number of thiophene rings is 1. The summed E-state index contributed by atoms with van der Waals surface area (Å²) >= 11 is 2.63. The number of aromatic nitrogens is 2. The highest BCUT2D eigenvalue weighted by Gasteiger charge is 2.13. The van der Waals surface area contributed by atoms with Crippen molar-refractivity contribution in [3.63, 3.8) is 0 Å². The van der Waals surface area contributed by atoms with Crippen LogP contribution >= 0.6 is 23.1 Å². The maximum atomic E-state index is 13.2. The van der Waals surface area contributed by atoms with Crippen LogP contribution in [0.15, 0.2) is 59.9 Å². The third-order valence-electron chi connectivity index (χ3n) is 4.40. The van der Waals surface area contributed by atoms with Crippen molar-refractivity contribution in [1.29, 1.82) is 0 Å². The zero-order valence-corrected chi connectivity index (χ0v) is 18.4. The van der Waals surface area contributed by atoms with E-state index in [1.165, 1.54) is 47.6 Å². The number of halogens is 3. The Morgan fingerprint density at radius 2 is 1.73 bits per heavy atom. The summed E-state index contributed by atoms with van der Waals surface area (Å²) in [5.41, 5.74) is 1.64. The molecule has 0 aliphatic rings. The third-order valence-corrected chi connectivity index (χ3v) is 6.70. The number of fused-ring (bicyclic) bond motifs is 1. The van der Waals surface area contributed by atoms with Gasteiger partial charge in [-0.05, 0) is 35.9 Å². The topological polar surface area (TPSA) is 84.0 Å². The summed E-state index contributed by atoms with van der Waals surface area (Å²) < 4.78 is 40.1. The Hall–Kier alpha value is -3.44. The molecule has 11 heteroatoms. The van der Waals surface area contributed by atoms with Crippen LogP contribution in [-0.4, -0.2) is 34.1 Å². The van der Waals surface area contributed by atoms with Crippen LogP contribution in [-0.2, 0) is 9.59 Å². The van der Waals surface area contributed by atoms with Gasteiger partial charge >= 0.3 is 0 Å². The van der Waals surface area contributed by atoms with E-state index >= 15 is 0 Å². The van der Waals surface area contributed by atoms with E-state index in [1.807, 2.05) is 6.07 Å². The molecule has 0 fully saturated rings. The second-order valence-corrected chi connectivity index (χ2v) is 8.77. The fourth-order valence-electron chi connectivity index (χ4n) is 2.83. The number of carbonyl (C=O) groups is 2. The maximum Gasteiger partial charge on any atom is 0.243 e. The average Bonchev–Trinajstić information content (AvgIpc) is 3.24.